The third-order valence-electron chi connectivity index (χ3n) is 3.75. The molecule has 1 atom stereocenters. The summed E-state index contributed by atoms with van der Waals surface area (Å²) in [7, 11) is -2.15. The lowest BCUT2D eigenvalue weighted by Crippen LogP contribution is -2.32. The molecule has 0 saturated carbocycles. The zero-order valence-electron chi connectivity index (χ0n) is 12.5. The van der Waals surface area contributed by atoms with Crippen LogP contribution < -0.4 is 15.4 Å². The van der Waals surface area contributed by atoms with E-state index in [4.69, 9.17) is 10.5 Å². The molecule has 1 heterocycles. The van der Waals surface area contributed by atoms with Gasteiger partial charge < -0.3 is 15.4 Å². The number of hydrogen-bond acceptors (Lipinski definition) is 5. The van der Waals surface area contributed by atoms with Gasteiger partial charge in [-0.2, -0.15) is 0 Å². The van der Waals surface area contributed by atoms with E-state index in [9.17, 15) is 8.42 Å². The quantitative estimate of drug-likeness (QED) is 0.771. The van der Waals surface area contributed by atoms with Crippen molar-refractivity contribution >= 4 is 21.4 Å². The molecule has 0 bridgehead atoms. The molecule has 7 heteroatoms. The predicted molar refractivity (Wildman–Crippen MR) is 84.0 cm³/mol. The molecule has 0 aromatic heterocycles. The maximum absolute atomic E-state index is 11.8. The van der Waals surface area contributed by atoms with E-state index in [1.807, 2.05) is 0 Å². The van der Waals surface area contributed by atoms with Crippen molar-refractivity contribution in [2.24, 2.45) is 0 Å². The largest absolute Gasteiger partial charge is 0.398 e. The number of sulfonamides is 1. The molecular formula is C14H23N3O3S. The second-order valence-electron chi connectivity index (χ2n) is 5.10. The molecule has 118 valence electrons. The number of hydrogen-bond donors (Lipinski definition) is 2. The Bertz CT molecular complexity index is 583. The van der Waals surface area contributed by atoms with Crippen LogP contribution >= 0.6 is 0 Å². The van der Waals surface area contributed by atoms with Crippen LogP contribution in [0.1, 0.15) is 19.8 Å². The minimum Gasteiger partial charge on any atom is -0.398 e. The smallest absolute Gasteiger partial charge is 0.242 e. The summed E-state index contributed by atoms with van der Waals surface area (Å²) in [5, 5.41) is 0. The highest BCUT2D eigenvalue weighted by Crippen LogP contribution is 2.26. The van der Waals surface area contributed by atoms with Crippen molar-refractivity contribution in [3.05, 3.63) is 18.2 Å². The van der Waals surface area contributed by atoms with Crippen LogP contribution in [0.25, 0.3) is 0 Å². The van der Waals surface area contributed by atoms with Gasteiger partial charge in [0.1, 0.15) is 4.90 Å². The second kappa shape index (κ2) is 6.64. The summed E-state index contributed by atoms with van der Waals surface area (Å²) >= 11 is 0. The normalized spacial score (nSPS) is 18.9. The van der Waals surface area contributed by atoms with Crippen molar-refractivity contribution in [3.63, 3.8) is 0 Å². The lowest BCUT2D eigenvalue weighted by molar-refractivity contribution is 0.115. The van der Waals surface area contributed by atoms with Crippen LogP contribution in [0.2, 0.25) is 0 Å². The highest BCUT2D eigenvalue weighted by atomic mass is 32.2. The Kier molecular flexibility index (Phi) is 5.08. The van der Waals surface area contributed by atoms with Gasteiger partial charge in [-0.25, -0.2) is 13.1 Å². The molecule has 3 N–H and O–H groups in total. The Hall–Kier alpha value is -1.31. The fourth-order valence-corrected chi connectivity index (χ4v) is 3.37. The predicted octanol–water partition coefficient (Wildman–Crippen LogP) is 1.18. The molecule has 0 spiro atoms. The average Bonchev–Trinajstić information content (AvgIpc) is 2.97. The van der Waals surface area contributed by atoms with Crippen molar-refractivity contribution in [1.82, 2.24) is 4.72 Å². The number of anilines is 2. The SMILES string of the molecule is CCN(CC1CCCO1)c1ccc(S(=O)(=O)NC)c(N)c1. The van der Waals surface area contributed by atoms with Crippen LogP contribution in [0, 0.1) is 0 Å². The number of benzene rings is 1. The first-order valence-corrected chi connectivity index (χ1v) is 8.66. The molecule has 6 nitrogen and oxygen atoms in total. The Morgan fingerprint density at radius 1 is 1.48 bits per heavy atom. The minimum atomic E-state index is -3.52. The molecule has 1 aliphatic heterocycles. The van der Waals surface area contributed by atoms with Crippen molar-refractivity contribution in [2.45, 2.75) is 30.8 Å². The van der Waals surface area contributed by atoms with Gasteiger partial charge in [0.05, 0.1) is 11.8 Å². The summed E-state index contributed by atoms with van der Waals surface area (Å²) in [6, 6.07) is 5.05. The molecule has 2 rings (SSSR count). The molecule has 1 aromatic rings. The standard InChI is InChI=1S/C14H23N3O3S/c1-3-17(10-12-5-4-8-20-12)11-6-7-14(13(15)9-11)21(18,19)16-2/h6-7,9,12,16H,3-5,8,10,15H2,1-2H3. The van der Waals surface area contributed by atoms with Gasteiger partial charge in [-0.05, 0) is 45.0 Å². The number of rotatable bonds is 6. The van der Waals surface area contributed by atoms with Gasteiger partial charge >= 0.3 is 0 Å². The number of likely N-dealkylation sites (N-methyl/N-ethyl adjacent to an activating group) is 1. The van der Waals surface area contributed by atoms with Gasteiger partial charge in [-0.3, -0.25) is 0 Å². The van der Waals surface area contributed by atoms with E-state index < -0.39 is 10.0 Å². The molecule has 1 saturated heterocycles. The summed E-state index contributed by atoms with van der Waals surface area (Å²) in [4.78, 5) is 2.27. The molecular weight excluding hydrogens is 290 g/mol. The Morgan fingerprint density at radius 3 is 2.76 bits per heavy atom. The highest BCUT2D eigenvalue weighted by molar-refractivity contribution is 7.89. The third kappa shape index (κ3) is 3.66. The second-order valence-corrected chi connectivity index (χ2v) is 6.96. The average molecular weight is 313 g/mol. The van der Waals surface area contributed by atoms with E-state index in [0.29, 0.717) is 0 Å². The van der Waals surface area contributed by atoms with E-state index in [-0.39, 0.29) is 16.7 Å². The molecule has 1 fully saturated rings. The molecule has 1 unspecified atom stereocenters. The summed E-state index contributed by atoms with van der Waals surface area (Å²) in [6.45, 7) is 4.50. The lowest BCUT2D eigenvalue weighted by atomic mass is 10.2. The summed E-state index contributed by atoms with van der Waals surface area (Å²) in [5.41, 5.74) is 7.08. The topological polar surface area (TPSA) is 84.7 Å². The first-order valence-electron chi connectivity index (χ1n) is 7.17. The first kappa shape index (κ1) is 16.1. The number of nitrogens with one attached hydrogen (secondary N) is 1. The minimum absolute atomic E-state index is 0.113. The first-order chi connectivity index (χ1) is 9.97. The molecule has 1 aliphatic rings. The van der Waals surface area contributed by atoms with Gasteiger partial charge in [-0.1, -0.05) is 0 Å². The van der Waals surface area contributed by atoms with Crippen LogP contribution in [0.4, 0.5) is 11.4 Å². The number of nitrogen functional groups attached to an aromatic ring is 1. The van der Waals surface area contributed by atoms with Gasteiger partial charge in [-0.15, -0.1) is 0 Å². The van der Waals surface area contributed by atoms with Gasteiger partial charge in [0.25, 0.3) is 0 Å². The number of nitrogens with zero attached hydrogens (tertiary/aromatic N) is 1. The molecule has 0 radical (unpaired) electrons. The van der Waals surface area contributed by atoms with E-state index >= 15 is 0 Å². The van der Waals surface area contributed by atoms with Crippen molar-refractivity contribution in [1.29, 1.82) is 0 Å². The zero-order chi connectivity index (χ0) is 15.5. The Balaban J connectivity index is 2.21. The van der Waals surface area contributed by atoms with Gasteiger partial charge in [0.15, 0.2) is 0 Å². The highest BCUT2D eigenvalue weighted by Gasteiger charge is 2.20. The molecule has 0 aliphatic carbocycles. The fourth-order valence-electron chi connectivity index (χ4n) is 2.54. The van der Waals surface area contributed by atoms with Crippen LogP contribution in [-0.2, 0) is 14.8 Å². The number of ether oxygens (including phenoxy) is 1. The van der Waals surface area contributed by atoms with E-state index in [0.717, 1.165) is 38.2 Å². The fraction of sp³-hybridized carbons (Fsp3) is 0.571. The maximum atomic E-state index is 11.8. The van der Waals surface area contributed by atoms with Crippen LogP contribution in [0.15, 0.2) is 23.1 Å². The molecule has 21 heavy (non-hydrogen) atoms. The van der Waals surface area contributed by atoms with Gasteiger partial charge in [0.2, 0.25) is 10.0 Å². The molecule has 1 aromatic carbocycles. The van der Waals surface area contributed by atoms with Crippen LogP contribution in [0.3, 0.4) is 0 Å². The summed E-state index contributed by atoms with van der Waals surface area (Å²) in [6.07, 6.45) is 2.41. The zero-order valence-corrected chi connectivity index (χ0v) is 13.3. The van der Waals surface area contributed by atoms with E-state index in [2.05, 4.69) is 16.5 Å². The molecule has 0 amide bonds. The maximum Gasteiger partial charge on any atom is 0.242 e. The van der Waals surface area contributed by atoms with E-state index in [1.165, 1.54) is 7.05 Å². The monoisotopic (exact) mass is 313 g/mol. The van der Waals surface area contributed by atoms with Crippen molar-refractivity contribution in [3.8, 4) is 0 Å². The summed E-state index contributed by atoms with van der Waals surface area (Å²) in [5.74, 6) is 0. The summed E-state index contributed by atoms with van der Waals surface area (Å²) < 4.78 is 31.6. The van der Waals surface area contributed by atoms with E-state index in [1.54, 1.807) is 18.2 Å². The Labute approximate surface area is 126 Å². The van der Waals surface area contributed by atoms with Crippen molar-refractivity contribution in [2.75, 3.05) is 37.4 Å². The van der Waals surface area contributed by atoms with Crippen LogP contribution in [0.5, 0.6) is 0 Å². The van der Waals surface area contributed by atoms with Crippen molar-refractivity contribution < 1.29 is 13.2 Å². The van der Waals surface area contributed by atoms with Crippen LogP contribution in [-0.4, -0.2) is 41.3 Å². The lowest BCUT2D eigenvalue weighted by Gasteiger charge is -2.26. The van der Waals surface area contributed by atoms with Gasteiger partial charge in [0, 0.05) is 25.4 Å². The third-order valence-corrected chi connectivity index (χ3v) is 5.23. The number of nitrogens with two attached hydrogens (primary N) is 1. The Morgan fingerprint density at radius 2 is 2.24 bits per heavy atom.